The first kappa shape index (κ1) is 23.0. The summed E-state index contributed by atoms with van der Waals surface area (Å²) >= 11 is 1.47. The summed E-state index contributed by atoms with van der Waals surface area (Å²) in [4.78, 5) is 16.4. The number of aromatic amines is 1. The summed E-state index contributed by atoms with van der Waals surface area (Å²) in [7, 11) is -3.59. The molecular weight excluding hydrogens is 434 g/mol. The number of benzene rings is 2. The van der Waals surface area contributed by atoms with Gasteiger partial charge in [-0.2, -0.15) is 0 Å². The number of aryl methyl sites for hydroxylation is 2. The van der Waals surface area contributed by atoms with Gasteiger partial charge in [0.2, 0.25) is 21.1 Å². The van der Waals surface area contributed by atoms with Crippen LogP contribution in [0, 0.1) is 6.92 Å². The van der Waals surface area contributed by atoms with E-state index in [2.05, 4.69) is 25.2 Å². The van der Waals surface area contributed by atoms with Gasteiger partial charge < -0.3 is 5.32 Å². The fraction of sp³-hybridized carbons (Fsp3) is 0.286. The number of H-pyrrole nitrogens is 1. The number of rotatable bonds is 11. The second-order valence-electron chi connectivity index (χ2n) is 6.86. The van der Waals surface area contributed by atoms with Crippen molar-refractivity contribution < 1.29 is 13.2 Å². The summed E-state index contributed by atoms with van der Waals surface area (Å²) in [6.45, 7) is 2.60. The lowest BCUT2D eigenvalue weighted by atomic mass is 10.1. The van der Waals surface area contributed by atoms with Gasteiger partial charge in [-0.3, -0.25) is 9.89 Å². The number of nitrogens with zero attached hydrogens (tertiary/aromatic N) is 2. The molecule has 1 amide bonds. The molecule has 3 N–H and O–H groups in total. The van der Waals surface area contributed by atoms with Crippen LogP contribution in [0.1, 0.15) is 23.4 Å². The van der Waals surface area contributed by atoms with Crippen LogP contribution in [0.25, 0.3) is 0 Å². The second-order valence-corrected chi connectivity index (χ2v) is 9.68. The zero-order chi connectivity index (χ0) is 22.1. The van der Waals surface area contributed by atoms with Gasteiger partial charge in [0.25, 0.3) is 0 Å². The van der Waals surface area contributed by atoms with Gasteiger partial charge in [0.15, 0.2) is 0 Å². The van der Waals surface area contributed by atoms with Crippen molar-refractivity contribution in [1.82, 2.24) is 25.2 Å². The lowest BCUT2D eigenvalue weighted by molar-refractivity contribution is -0.120. The fourth-order valence-electron chi connectivity index (χ4n) is 2.76. The van der Waals surface area contributed by atoms with E-state index in [9.17, 15) is 13.2 Å². The van der Waals surface area contributed by atoms with Gasteiger partial charge in [-0.1, -0.05) is 54.2 Å². The second kappa shape index (κ2) is 11.1. The van der Waals surface area contributed by atoms with Crippen LogP contribution in [-0.2, 0) is 27.8 Å². The highest BCUT2D eigenvalue weighted by Gasteiger charge is 2.13. The van der Waals surface area contributed by atoms with E-state index in [1.54, 1.807) is 24.3 Å². The largest absolute Gasteiger partial charge is 0.355 e. The molecule has 0 saturated heterocycles. The zero-order valence-corrected chi connectivity index (χ0v) is 18.8. The number of thioether (sulfide) groups is 1. The average molecular weight is 460 g/mol. The number of carbonyl (C=O) groups excluding carboxylic acids is 1. The Kier molecular flexibility index (Phi) is 8.21. The first-order valence-corrected chi connectivity index (χ1v) is 12.3. The van der Waals surface area contributed by atoms with E-state index in [1.807, 2.05) is 37.3 Å². The zero-order valence-electron chi connectivity index (χ0n) is 17.2. The molecule has 0 aliphatic rings. The lowest BCUT2D eigenvalue weighted by Crippen LogP contribution is -2.26. The van der Waals surface area contributed by atoms with Crippen LogP contribution in [0.3, 0.4) is 0 Å². The highest BCUT2D eigenvalue weighted by Crippen LogP contribution is 2.13. The van der Waals surface area contributed by atoms with E-state index in [4.69, 9.17) is 0 Å². The third-order valence-corrected chi connectivity index (χ3v) is 6.68. The molecule has 0 fully saturated rings. The Morgan fingerprint density at radius 3 is 2.48 bits per heavy atom. The first-order valence-electron chi connectivity index (χ1n) is 9.83. The van der Waals surface area contributed by atoms with Crippen molar-refractivity contribution in [3.8, 4) is 0 Å². The molecule has 3 aromatic rings. The van der Waals surface area contributed by atoms with Crippen LogP contribution in [0.15, 0.2) is 64.6 Å². The van der Waals surface area contributed by atoms with Crippen LogP contribution in [-0.4, -0.2) is 41.8 Å². The maximum Gasteiger partial charge on any atom is 0.240 e. The van der Waals surface area contributed by atoms with E-state index in [0.29, 0.717) is 30.3 Å². The summed E-state index contributed by atoms with van der Waals surface area (Å²) < 4.78 is 27.5. The van der Waals surface area contributed by atoms with Gasteiger partial charge in [-0.15, -0.1) is 5.10 Å². The van der Waals surface area contributed by atoms with Gasteiger partial charge in [-0.05, 0) is 36.6 Å². The summed E-state index contributed by atoms with van der Waals surface area (Å²) in [5.74, 6) is 1.40. The van der Waals surface area contributed by atoms with Crippen molar-refractivity contribution >= 4 is 27.7 Å². The predicted molar refractivity (Wildman–Crippen MR) is 120 cm³/mol. The Morgan fingerprint density at radius 1 is 1.06 bits per heavy atom. The van der Waals surface area contributed by atoms with Crippen molar-refractivity contribution in [3.63, 3.8) is 0 Å². The maximum atomic E-state index is 12.4. The molecule has 1 heterocycles. The van der Waals surface area contributed by atoms with Crippen molar-refractivity contribution in [3.05, 3.63) is 71.5 Å². The molecule has 0 aliphatic carbocycles. The Balaban J connectivity index is 1.39. The number of nitrogens with one attached hydrogen (secondary N) is 3. The summed E-state index contributed by atoms with van der Waals surface area (Å²) in [6, 6.07) is 16.0. The third kappa shape index (κ3) is 7.50. The van der Waals surface area contributed by atoms with Crippen LogP contribution in [0.4, 0.5) is 0 Å². The van der Waals surface area contributed by atoms with E-state index >= 15 is 0 Å². The molecule has 10 heteroatoms. The van der Waals surface area contributed by atoms with Crippen molar-refractivity contribution in [2.75, 3.05) is 12.3 Å². The average Bonchev–Trinajstić information content (AvgIpc) is 3.20. The fourth-order valence-corrected chi connectivity index (χ4v) is 4.47. The lowest BCUT2D eigenvalue weighted by Gasteiger charge is -2.08. The molecule has 0 aliphatic heterocycles. The summed E-state index contributed by atoms with van der Waals surface area (Å²) in [5, 5.41) is 10.3. The third-order valence-electron chi connectivity index (χ3n) is 4.42. The molecule has 164 valence electrons. The number of hydrogen-bond acceptors (Lipinski definition) is 6. The van der Waals surface area contributed by atoms with Gasteiger partial charge in [0, 0.05) is 25.3 Å². The summed E-state index contributed by atoms with van der Waals surface area (Å²) in [6.07, 6.45) is 0.875. The van der Waals surface area contributed by atoms with Crippen molar-refractivity contribution in [1.29, 1.82) is 0 Å². The van der Waals surface area contributed by atoms with E-state index in [0.717, 1.165) is 17.0 Å². The standard InChI is InChI=1S/C21H25N5O3S2/c1-16-24-21(26-25-16)30-14-13-22-20(27)12-9-17-7-10-19(11-8-17)31(28,29)23-15-18-5-3-2-4-6-18/h2-8,10-11,23H,9,12-15H2,1H3,(H,22,27)(H,24,25,26). The van der Waals surface area contributed by atoms with Crippen molar-refractivity contribution in [2.45, 2.75) is 36.4 Å². The van der Waals surface area contributed by atoms with E-state index in [1.165, 1.54) is 11.8 Å². The number of carbonyl (C=O) groups is 1. The smallest absolute Gasteiger partial charge is 0.240 e. The van der Waals surface area contributed by atoms with Gasteiger partial charge >= 0.3 is 0 Å². The topological polar surface area (TPSA) is 117 Å². The van der Waals surface area contributed by atoms with Crippen LogP contribution < -0.4 is 10.0 Å². The Labute approximate surface area is 186 Å². The van der Waals surface area contributed by atoms with Gasteiger partial charge in [0.1, 0.15) is 5.82 Å². The van der Waals surface area contributed by atoms with Gasteiger partial charge in [0.05, 0.1) is 4.90 Å². The maximum absolute atomic E-state index is 12.4. The first-order chi connectivity index (χ1) is 14.9. The van der Waals surface area contributed by atoms with E-state index < -0.39 is 10.0 Å². The minimum atomic E-state index is -3.59. The quantitative estimate of drug-likeness (QED) is 0.300. The SMILES string of the molecule is Cc1nc(SCCNC(=O)CCc2ccc(S(=O)(=O)NCc3ccccc3)cc2)n[nH]1. The Morgan fingerprint density at radius 2 is 1.81 bits per heavy atom. The molecule has 0 atom stereocenters. The number of amides is 1. The molecule has 0 bridgehead atoms. The van der Waals surface area contributed by atoms with Crippen molar-refractivity contribution in [2.24, 2.45) is 0 Å². The molecule has 0 unspecified atom stereocenters. The highest BCUT2D eigenvalue weighted by atomic mass is 32.2. The molecule has 31 heavy (non-hydrogen) atoms. The molecule has 0 radical (unpaired) electrons. The van der Waals surface area contributed by atoms with Crippen LogP contribution in [0.2, 0.25) is 0 Å². The van der Waals surface area contributed by atoms with E-state index in [-0.39, 0.29) is 17.3 Å². The Bertz CT molecular complexity index is 1080. The van der Waals surface area contributed by atoms with Crippen LogP contribution in [0.5, 0.6) is 0 Å². The normalized spacial score (nSPS) is 11.4. The highest BCUT2D eigenvalue weighted by molar-refractivity contribution is 7.99. The molecule has 0 spiro atoms. The molecule has 2 aromatic carbocycles. The Hall–Kier alpha value is -2.69. The number of sulfonamides is 1. The number of hydrogen-bond donors (Lipinski definition) is 3. The molecule has 8 nitrogen and oxygen atoms in total. The molecule has 1 aromatic heterocycles. The molecular formula is C21H25N5O3S2. The predicted octanol–water partition coefficient (Wildman–Crippen LogP) is 2.43. The molecule has 0 saturated carbocycles. The monoisotopic (exact) mass is 459 g/mol. The van der Waals surface area contributed by atoms with Gasteiger partial charge in [-0.25, -0.2) is 18.1 Å². The minimum absolute atomic E-state index is 0.0482. The summed E-state index contributed by atoms with van der Waals surface area (Å²) in [5.41, 5.74) is 1.80. The minimum Gasteiger partial charge on any atom is -0.355 e. The molecule has 3 rings (SSSR count). The van der Waals surface area contributed by atoms with Crippen LogP contribution >= 0.6 is 11.8 Å². The number of aromatic nitrogens is 3.